The van der Waals surface area contributed by atoms with E-state index in [0.717, 1.165) is 25.2 Å². The van der Waals surface area contributed by atoms with Crippen LogP contribution in [0, 0.1) is 0 Å². The summed E-state index contributed by atoms with van der Waals surface area (Å²) in [6, 6.07) is 0.554. The number of rotatable bonds is 9. The zero-order valence-corrected chi connectivity index (χ0v) is 13.8. The fourth-order valence-corrected chi connectivity index (χ4v) is 2.39. The minimum Gasteiger partial charge on any atom is -0.374 e. The fraction of sp³-hybridized carbons (Fsp3) is 0.867. The molecule has 1 aromatic heterocycles. The van der Waals surface area contributed by atoms with Gasteiger partial charge in [-0.15, -0.1) is 0 Å². The molecule has 0 amide bonds. The Labute approximate surface area is 123 Å². The average molecular weight is 282 g/mol. The van der Waals surface area contributed by atoms with Crippen LogP contribution in [0.2, 0.25) is 0 Å². The van der Waals surface area contributed by atoms with Crippen LogP contribution in [-0.4, -0.2) is 39.6 Å². The second-order valence-electron chi connectivity index (χ2n) is 5.96. The van der Waals surface area contributed by atoms with Gasteiger partial charge in [-0.25, -0.2) is 9.67 Å². The van der Waals surface area contributed by atoms with Crippen LogP contribution in [0.4, 0.5) is 0 Å². The van der Waals surface area contributed by atoms with Crippen LogP contribution in [0.25, 0.3) is 0 Å². The molecule has 5 heteroatoms. The van der Waals surface area contributed by atoms with E-state index in [2.05, 4.69) is 50.0 Å². The van der Waals surface area contributed by atoms with Crippen LogP contribution in [-0.2, 0) is 11.2 Å². The summed E-state index contributed by atoms with van der Waals surface area (Å²) in [5.74, 6) is 1.02. The van der Waals surface area contributed by atoms with Gasteiger partial charge >= 0.3 is 0 Å². The van der Waals surface area contributed by atoms with E-state index in [-0.39, 0.29) is 11.6 Å². The van der Waals surface area contributed by atoms with Gasteiger partial charge in [-0.2, -0.15) is 5.10 Å². The molecule has 0 aliphatic heterocycles. The van der Waals surface area contributed by atoms with Crippen molar-refractivity contribution in [3.8, 4) is 0 Å². The molecule has 0 saturated carbocycles. The van der Waals surface area contributed by atoms with Gasteiger partial charge in [0.25, 0.3) is 0 Å². The number of hydrogen-bond donors (Lipinski definition) is 1. The predicted octanol–water partition coefficient (Wildman–Crippen LogP) is 2.58. The molecule has 116 valence electrons. The number of aromatic nitrogens is 3. The maximum Gasteiger partial charge on any atom is 0.138 e. The lowest BCUT2D eigenvalue weighted by Gasteiger charge is -2.35. The molecule has 0 aromatic carbocycles. The van der Waals surface area contributed by atoms with E-state index in [1.807, 2.05) is 11.6 Å². The van der Waals surface area contributed by atoms with Gasteiger partial charge in [0.1, 0.15) is 12.2 Å². The van der Waals surface area contributed by atoms with E-state index in [4.69, 9.17) is 4.74 Å². The number of ether oxygens (including phenoxy) is 1. The second kappa shape index (κ2) is 7.74. The maximum atomic E-state index is 5.92. The van der Waals surface area contributed by atoms with Crippen LogP contribution in [0.15, 0.2) is 6.33 Å². The smallest absolute Gasteiger partial charge is 0.138 e. The lowest BCUT2D eigenvalue weighted by atomic mass is 9.94. The van der Waals surface area contributed by atoms with Crippen molar-refractivity contribution < 1.29 is 4.74 Å². The van der Waals surface area contributed by atoms with Crippen molar-refractivity contribution in [2.75, 3.05) is 13.2 Å². The normalized spacial score (nSPS) is 13.9. The highest BCUT2D eigenvalue weighted by Gasteiger charge is 2.31. The van der Waals surface area contributed by atoms with Crippen molar-refractivity contribution in [1.82, 2.24) is 20.1 Å². The SMILES string of the molecule is CCCNC(Cc1ncnn1C(C)C)C(C)(C)OCC. The summed E-state index contributed by atoms with van der Waals surface area (Å²) in [4.78, 5) is 4.42. The van der Waals surface area contributed by atoms with Gasteiger partial charge in [-0.1, -0.05) is 6.92 Å². The largest absolute Gasteiger partial charge is 0.374 e. The molecule has 1 N–H and O–H groups in total. The molecule has 0 aliphatic rings. The molecule has 1 aromatic rings. The summed E-state index contributed by atoms with van der Waals surface area (Å²) < 4.78 is 7.91. The Kier molecular flexibility index (Phi) is 6.62. The van der Waals surface area contributed by atoms with E-state index in [0.29, 0.717) is 12.6 Å². The zero-order chi connectivity index (χ0) is 15.2. The molecule has 0 spiro atoms. The first-order chi connectivity index (χ1) is 9.42. The molecular formula is C15H30N4O. The van der Waals surface area contributed by atoms with E-state index >= 15 is 0 Å². The monoisotopic (exact) mass is 282 g/mol. The van der Waals surface area contributed by atoms with Gasteiger partial charge in [0.15, 0.2) is 0 Å². The molecule has 20 heavy (non-hydrogen) atoms. The zero-order valence-electron chi connectivity index (χ0n) is 13.8. The first kappa shape index (κ1) is 17.1. The van der Waals surface area contributed by atoms with Crippen LogP contribution >= 0.6 is 0 Å². The highest BCUT2D eigenvalue weighted by Crippen LogP contribution is 2.19. The molecule has 0 saturated heterocycles. The molecule has 5 nitrogen and oxygen atoms in total. The quantitative estimate of drug-likeness (QED) is 0.756. The molecule has 0 aliphatic carbocycles. The van der Waals surface area contributed by atoms with Crippen LogP contribution in [0.3, 0.4) is 0 Å². The van der Waals surface area contributed by atoms with Gasteiger partial charge in [-0.3, -0.25) is 0 Å². The van der Waals surface area contributed by atoms with Gasteiger partial charge in [0, 0.05) is 25.1 Å². The van der Waals surface area contributed by atoms with Crippen molar-refractivity contribution in [2.24, 2.45) is 0 Å². The number of nitrogens with one attached hydrogen (secondary N) is 1. The van der Waals surface area contributed by atoms with E-state index in [9.17, 15) is 0 Å². The Morgan fingerprint density at radius 3 is 2.60 bits per heavy atom. The van der Waals surface area contributed by atoms with E-state index in [1.54, 1.807) is 6.33 Å². The second-order valence-corrected chi connectivity index (χ2v) is 5.96. The number of nitrogens with zero attached hydrogens (tertiary/aromatic N) is 3. The van der Waals surface area contributed by atoms with Crippen molar-refractivity contribution in [2.45, 2.75) is 72.1 Å². The molecular weight excluding hydrogens is 252 g/mol. The van der Waals surface area contributed by atoms with Crippen molar-refractivity contribution in [3.63, 3.8) is 0 Å². The minimum atomic E-state index is -0.225. The highest BCUT2D eigenvalue weighted by molar-refractivity contribution is 4.97. The summed E-state index contributed by atoms with van der Waals surface area (Å²) in [6.45, 7) is 14.4. The summed E-state index contributed by atoms with van der Waals surface area (Å²) in [5, 5.41) is 7.91. The molecule has 1 rings (SSSR count). The molecule has 0 bridgehead atoms. The average Bonchev–Trinajstić information content (AvgIpc) is 2.82. The molecule has 1 atom stereocenters. The lowest BCUT2D eigenvalue weighted by molar-refractivity contribution is -0.0386. The standard InChI is InChI=1S/C15H30N4O/c1-7-9-16-13(15(5,6)20-8-2)10-14-17-11-18-19(14)12(3)4/h11-13,16H,7-10H2,1-6H3. The summed E-state index contributed by atoms with van der Waals surface area (Å²) in [5.41, 5.74) is -0.225. The van der Waals surface area contributed by atoms with Crippen molar-refractivity contribution >= 4 is 0 Å². The third-order valence-electron chi connectivity index (χ3n) is 3.52. The van der Waals surface area contributed by atoms with Gasteiger partial charge < -0.3 is 10.1 Å². The summed E-state index contributed by atoms with van der Waals surface area (Å²) in [7, 11) is 0. The first-order valence-electron chi connectivity index (χ1n) is 7.68. The van der Waals surface area contributed by atoms with Crippen molar-refractivity contribution in [3.05, 3.63) is 12.2 Å². The predicted molar refractivity (Wildman–Crippen MR) is 81.9 cm³/mol. The Morgan fingerprint density at radius 2 is 2.05 bits per heavy atom. The van der Waals surface area contributed by atoms with Gasteiger partial charge in [-0.05, 0) is 47.6 Å². The topological polar surface area (TPSA) is 52.0 Å². The van der Waals surface area contributed by atoms with E-state index in [1.165, 1.54) is 0 Å². The minimum absolute atomic E-state index is 0.225. The van der Waals surface area contributed by atoms with E-state index < -0.39 is 0 Å². The third-order valence-corrected chi connectivity index (χ3v) is 3.52. The number of hydrogen-bond acceptors (Lipinski definition) is 4. The van der Waals surface area contributed by atoms with Crippen LogP contribution in [0.5, 0.6) is 0 Å². The van der Waals surface area contributed by atoms with Gasteiger partial charge in [0.05, 0.1) is 5.60 Å². The van der Waals surface area contributed by atoms with Crippen LogP contribution < -0.4 is 5.32 Å². The Morgan fingerprint density at radius 1 is 1.35 bits per heavy atom. The highest BCUT2D eigenvalue weighted by atomic mass is 16.5. The maximum absolute atomic E-state index is 5.92. The summed E-state index contributed by atoms with van der Waals surface area (Å²) in [6.07, 6.45) is 3.57. The molecule has 1 heterocycles. The Balaban J connectivity index is 2.86. The van der Waals surface area contributed by atoms with Crippen LogP contribution in [0.1, 0.15) is 59.8 Å². The summed E-state index contributed by atoms with van der Waals surface area (Å²) >= 11 is 0. The lowest BCUT2D eigenvalue weighted by Crippen LogP contribution is -2.50. The first-order valence-corrected chi connectivity index (χ1v) is 7.68. The Bertz CT molecular complexity index is 387. The molecule has 0 radical (unpaired) electrons. The Hall–Kier alpha value is -0.940. The van der Waals surface area contributed by atoms with Gasteiger partial charge in [0.2, 0.25) is 0 Å². The third kappa shape index (κ3) is 4.56. The molecule has 1 unspecified atom stereocenters. The fourth-order valence-electron chi connectivity index (χ4n) is 2.39. The van der Waals surface area contributed by atoms with Crippen molar-refractivity contribution in [1.29, 1.82) is 0 Å². The molecule has 0 fully saturated rings.